The summed E-state index contributed by atoms with van der Waals surface area (Å²) < 4.78 is 3.49. The summed E-state index contributed by atoms with van der Waals surface area (Å²) >= 11 is 0. The van der Waals surface area contributed by atoms with Gasteiger partial charge in [0.2, 0.25) is 0 Å². The topological polar surface area (TPSA) is 68.2 Å². The molecule has 0 bridgehead atoms. The van der Waals surface area contributed by atoms with Crippen molar-refractivity contribution < 1.29 is 5.11 Å². The Morgan fingerprint density at radius 3 is 2.53 bits per heavy atom. The number of hydrogen-bond acceptors (Lipinski definition) is 4. The van der Waals surface area contributed by atoms with Crippen LogP contribution in [0.2, 0.25) is 0 Å². The average molecular weight is 253 g/mol. The molecule has 6 heteroatoms. The Kier molecular flexibility index (Phi) is 2.82. The van der Waals surface area contributed by atoms with E-state index in [-0.39, 0.29) is 5.75 Å². The second-order valence-corrected chi connectivity index (χ2v) is 3.91. The highest BCUT2D eigenvalue weighted by Crippen LogP contribution is 2.15. The molecule has 0 amide bonds. The molecule has 19 heavy (non-hydrogen) atoms. The highest BCUT2D eigenvalue weighted by molar-refractivity contribution is 5.78. The number of aromatic nitrogens is 4. The van der Waals surface area contributed by atoms with Crippen LogP contribution in [0.3, 0.4) is 0 Å². The van der Waals surface area contributed by atoms with Crippen molar-refractivity contribution in [1.82, 2.24) is 19.4 Å². The van der Waals surface area contributed by atoms with Crippen molar-refractivity contribution in [3.05, 3.63) is 60.9 Å². The molecule has 0 radical (unpaired) electrons. The van der Waals surface area contributed by atoms with Crippen molar-refractivity contribution in [3.63, 3.8) is 0 Å². The maximum absolute atomic E-state index is 9.30. The first kappa shape index (κ1) is 11.2. The van der Waals surface area contributed by atoms with Gasteiger partial charge < -0.3 is 9.67 Å². The molecule has 3 aromatic rings. The standard InChI is InChI=1S/C13H11N5O/c19-13-5-3-11(4-6-13)18-7-1-2-12(18)8-16-17-9-14-15-10-17/h1-10,19H/b16-8+. The number of nitrogens with zero attached hydrogens (tertiary/aromatic N) is 5. The van der Waals surface area contributed by atoms with Gasteiger partial charge in [-0.1, -0.05) is 0 Å². The Morgan fingerprint density at radius 1 is 1.05 bits per heavy atom. The predicted molar refractivity (Wildman–Crippen MR) is 70.4 cm³/mol. The van der Waals surface area contributed by atoms with Crippen molar-refractivity contribution >= 4 is 6.21 Å². The number of aromatic hydroxyl groups is 1. The summed E-state index contributed by atoms with van der Waals surface area (Å²) in [6, 6.07) is 10.9. The Hall–Kier alpha value is -2.89. The van der Waals surface area contributed by atoms with E-state index in [9.17, 15) is 5.11 Å². The summed E-state index contributed by atoms with van der Waals surface area (Å²) in [6.07, 6.45) is 6.69. The molecule has 0 spiro atoms. The molecule has 2 heterocycles. The minimum absolute atomic E-state index is 0.246. The SMILES string of the molecule is Oc1ccc(-n2cccc2/C=N/n2cnnc2)cc1. The van der Waals surface area contributed by atoms with Gasteiger partial charge in [-0.25, -0.2) is 4.68 Å². The van der Waals surface area contributed by atoms with E-state index < -0.39 is 0 Å². The second-order valence-electron chi connectivity index (χ2n) is 3.91. The highest BCUT2D eigenvalue weighted by Gasteiger charge is 2.01. The van der Waals surface area contributed by atoms with E-state index in [2.05, 4.69) is 15.3 Å². The van der Waals surface area contributed by atoms with Crippen LogP contribution in [0.25, 0.3) is 5.69 Å². The summed E-state index contributed by atoms with van der Waals surface area (Å²) in [6.45, 7) is 0. The summed E-state index contributed by atoms with van der Waals surface area (Å²) in [7, 11) is 0. The molecule has 2 aromatic heterocycles. The van der Waals surface area contributed by atoms with E-state index in [0.717, 1.165) is 11.4 Å². The highest BCUT2D eigenvalue weighted by atomic mass is 16.3. The number of rotatable bonds is 3. The maximum Gasteiger partial charge on any atom is 0.141 e. The van der Waals surface area contributed by atoms with Gasteiger partial charge in [0, 0.05) is 11.9 Å². The molecule has 0 saturated heterocycles. The van der Waals surface area contributed by atoms with Crippen molar-refractivity contribution in [2.45, 2.75) is 0 Å². The third-order valence-electron chi connectivity index (χ3n) is 2.64. The van der Waals surface area contributed by atoms with Gasteiger partial charge in [0.25, 0.3) is 0 Å². The lowest BCUT2D eigenvalue weighted by Crippen LogP contribution is -1.98. The van der Waals surface area contributed by atoms with E-state index >= 15 is 0 Å². The monoisotopic (exact) mass is 253 g/mol. The van der Waals surface area contributed by atoms with Gasteiger partial charge in [-0.05, 0) is 36.4 Å². The third kappa shape index (κ3) is 2.37. The Morgan fingerprint density at radius 2 is 1.79 bits per heavy atom. The summed E-state index contributed by atoms with van der Waals surface area (Å²) in [5, 5.41) is 20.9. The fourth-order valence-electron chi connectivity index (χ4n) is 1.73. The number of hydrogen-bond donors (Lipinski definition) is 1. The van der Waals surface area contributed by atoms with Gasteiger partial charge in [-0.3, -0.25) is 0 Å². The molecular formula is C13H11N5O. The van der Waals surface area contributed by atoms with E-state index in [1.54, 1.807) is 18.3 Å². The second kappa shape index (κ2) is 4.77. The quantitative estimate of drug-likeness (QED) is 0.722. The lowest BCUT2D eigenvalue weighted by atomic mass is 10.3. The zero-order valence-electron chi connectivity index (χ0n) is 9.96. The van der Waals surface area contributed by atoms with Crippen LogP contribution in [0.5, 0.6) is 5.75 Å². The van der Waals surface area contributed by atoms with Gasteiger partial charge in [-0.15, -0.1) is 10.2 Å². The van der Waals surface area contributed by atoms with Crippen LogP contribution in [0, 0.1) is 0 Å². The van der Waals surface area contributed by atoms with Crippen molar-refractivity contribution in [2.75, 3.05) is 0 Å². The van der Waals surface area contributed by atoms with Gasteiger partial charge in [-0.2, -0.15) is 5.10 Å². The molecule has 3 rings (SSSR count). The predicted octanol–water partition coefficient (Wildman–Crippen LogP) is 1.66. The fourth-order valence-corrected chi connectivity index (χ4v) is 1.73. The van der Waals surface area contributed by atoms with E-state index in [0.29, 0.717) is 0 Å². The number of benzene rings is 1. The molecule has 0 aliphatic heterocycles. The lowest BCUT2D eigenvalue weighted by molar-refractivity contribution is 0.475. The molecule has 0 aliphatic rings. The van der Waals surface area contributed by atoms with Crippen LogP contribution < -0.4 is 0 Å². The van der Waals surface area contributed by atoms with Gasteiger partial charge in [0.15, 0.2) is 0 Å². The zero-order chi connectivity index (χ0) is 13.1. The first-order chi connectivity index (χ1) is 9.33. The largest absolute Gasteiger partial charge is 0.508 e. The molecule has 94 valence electrons. The van der Waals surface area contributed by atoms with E-state index in [1.165, 1.54) is 17.3 Å². The minimum atomic E-state index is 0.246. The van der Waals surface area contributed by atoms with Crippen molar-refractivity contribution in [2.24, 2.45) is 5.10 Å². The summed E-state index contributed by atoms with van der Waals surface area (Å²) in [4.78, 5) is 0. The maximum atomic E-state index is 9.30. The first-order valence-electron chi connectivity index (χ1n) is 5.69. The van der Waals surface area contributed by atoms with Crippen LogP contribution in [0.15, 0.2) is 60.4 Å². The van der Waals surface area contributed by atoms with Crippen LogP contribution in [-0.4, -0.2) is 30.8 Å². The van der Waals surface area contributed by atoms with Crippen LogP contribution in [-0.2, 0) is 0 Å². The van der Waals surface area contributed by atoms with Crippen molar-refractivity contribution in [1.29, 1.82) is 0 Å². The lowest BCUT2D eigenvalue weighted by Gasteiger charge is -2.05. The molecule has 1 N–H and O–H groups in total. The Bertz CT molecular complexity index is 682. The molecule has 0 saturated carbocycles. The molecule has 6 nitrogen and oxygen atoms in total. The molecule has 0 aliphatic carbocycles. The minimum Gasteiger partial charge on any atom is -0.508 e. The van der Waals surface area contributed by atoms with Gasteiger partial charge in [0.05, 0.1) is 11.9 Å². The molecule has 0 atom stereocenters. The average Bonchev–Trinajstić information content (AvgIpc) is 3.08. The number of phenols is 1. The van der Waals surface area contributed by atoms with Crippen LogP contribution in [0.4, 0.5) is 0 Å². The van der Waals surface area contributed by atoms with Gasteiger partial charge >= 0.3 is 0 Å². The molecule has 0 fully saturated rings. The molecular weight excluding hydrogens is 242 g/mol. The van der Waals surface area contributed by atoms with Crippen molar-refractivity contribution in [3.8, 4) is 11.4 Å². The smallest absolute Gasteiger partial charge is 0.141 e. The number of phenolic OH excluding ortho intramolecular Hbond substituents is 1. The van der Waals surface area contributed by atoms with Gasteiger partial charge in [0.1, 0.15) is 18.4 Å². The fraction of sp³-hybridized carbons (Fsp3) is 0. The Labute approximate surface area is 109 Å². The first-order valence-corrected chi connectivity index (χ1v) is 5.69. The molecule has 1 aromatic carbocycles. The summed E-state index contributed by atoms with van der Waals surface area (Å²) in [5.74, 6) is 0.246. The van der Waals surface area contributed by atoms with Crippen LogP contribution in [0.1, 0.15) is 5.69 Å². The summed E-state index contributed by atoms with van der Waals surface area (Å²) in [5.41, 5.74) is 1.87. The van der Waals surface area contributed by atoms with Crippen LogP contribution >= 0.6 is 0 Å². The third-order valence-corrected chi connectivity index (χ3v) is 2.64. The molecule has 0 unspecified atom stereocenters. The van der Waals surface area contributed by atoms with E-state index in [4.69, 9.17) is 0 Å². The zero-order valence-corrected chi connectivity index (χ0v) is 9.96. The van der Waals surface area contributed by atoms with E-state index in [1.807, 2.05) is 35.0 Å². The normalized spacial score (nSPS) is 11.2. The Balaban J connectivity index is 1.92.